The number of ether oxygens (including phenoxy) is 4. The first kappa shape index (κ1) is 25.0. The standard InChI is InChI=1S/C33H24O7/c1-3-37-22-11-9-20(10-12-22)17-29-31(34)25-15-13-24(19-28(25)39-29)38-33(35)30-26-18-23(36-2)14-16-27(26)40-32(30)21-7-5-4-6-8-21/h4-19H,3H2,1-2H3. The molecule has 5 aromatic rings. The van der Waals surface area contributed by atoms with Gasteiger partial charge in [0.05, 0.1) is 19.3 Å². The summed E-state index contributed by atoms with van der Waals surface area (Å²) in [7, 11) is 1.56. The lowest BCUT2D eigenvalue weighted by molar-refractivity contribution is 0.0736. The second-order valence-electron chi connectivity index (χ2n) is 9.02. The molecule has 0 fully saturated rings. The predicted molar refractivity (Wildman–Crippen MR) is 150 cm³/mol. The minimum Gasteiger partial charge on any atom is -0.497 e. The van der Waals surface area contributed by atoms with Crippen molar-refractivity contribution in [3.63, 3.8) is 0 Å². The van der Waals surface area contributed by atoms with E-state index in [0.29, 0.717) is 40.4 Å². The van der Waals surface area contributed by atoms with Crippen LogP contribution in [-0.4, -0.2) is 25.5 Å². The molecule has 0 saturated carbocycles. The number of furan rings is 1. The maximum atomic E-state index is 13.6. The summed E-state index contributed by atoms with van der Waals surface area (Å²) in [6, 6.07) is 26.7. The van der Waals surface area contributed by atoms with Crippen LogP contribution in [0.4, 0.5) is 0 Å². The third-order valence-corrected chi connectivity index (χ3v) is 6.48. The van der Waals surface area contributed by atoms with Crippen LogP contribution < -0.4 is 18.9 Å². The fraction of sp³-hybridized carbons (Fsp3) is 0.0909. The van der Waals surface area contributed by atoms with Crippen molar-refractivity contribution in [3.8, 4) is 34.3 Å². The number of allylic oxidation sites excluding steroid dienone is 1. The zero-order chi connectivity index (χ0) is 27.6. The van der Waals surface area contributed by atoms with Gasteiger partial charge in [-0.1, -0.05) is 42.5 Å². The van der Waals surface area contributed by atoms with E-state index < -0.39 is 5.97 Å². The number of rotatable bonds is 7. The van der Waals surface area contributed by atoms with Crippen molar-refractivity contribution in [1.29, 1.82) is 0 Å². The van der Waals surface area contributed by atoms with Crippen LogP contribution in [0.15, 0.2) is 101 Å². The molecule has 198 valence electrons. The highest BCUT2D eigenvalue weighted by Crippen LogP contribution is 2.38. The number of ketones is 1. The first-order chi connectivity index (χ1) is 19.5. The average molecular weight is 533 g/mol. The van der Waals surface area contributed by atoms with Crippen LogP contribution in [0.25, 0.3) is 28.4 Å². The van der Waals surface area contributed by atoms with E-state index in [1.807, 2.05) is 61.5 Å². The Kier molecular flexibility index (Phi) is 6.54. The molecule has 0 radical (unpaired) electrons. The maximum Gasteiger partial charge on any atom is 0.348 e. The smallest absolute Gasteiger partial charge is 0.348 e. The SMILES string of the molecule is CCOc1ccc(C=C2Oc3cc(OC(=O)c4c(-c5ccccc5)oc5ccc(OC)cc45)ccc3C2=O)cc1. The van der Waals surface area contributed by atoms with Crippen molar-refractivity contribution in [2.45, 2.75) is 6.92 Å². The third kappa shape index (κ3) is 4.69. The largest absolute Gasteiger partial charge is 0.497 e. The highest BCUT2D eigenvalue weighted by atomic mass is 16.5. The second-order valence-corrected chi connectivity index (χ2v) is 9.02. The normalized spacial score (nSPS) is 13.2. The Morgan fingerprint density at radius 2 is 1.62 bits per heavy atom. The summed E-state index contributed by atoms with van der Waals surface area (Å²) in [6.45, 7) is 2.49. The molecule has 6 rings (SSSR count). The van der Waals surface area contributed by atoms with Gasteiger partial charge < -0.3 is 23.4 Å². The Bertz CT molecular complexity index is 1760. The lowest BCUT2D eigenvalue weighted by Crippen LogP contribution is -2.09. The van der Waals surface area contributed by atoms with Gasteiger partial charge in [-0.15, -0.1) is 0 Å². The molecule has 0 bridgehead atoms. The van der Waals surface area contributed by atoms with E-state index in [0.717, 1.165) is 16.9 Å². The van der Waals surface area contributed by atoms with E-state index in [4.69, 9.17) is 23.4 Å². The quantitative estimate of drug-likeness (QED) is 0.123. The Morgan fingerprint density at radius 3 is 2.38 bits per heavy atom. The lowest BCUT2D eigenvalue weighted by atomic mass is 10.1. The van der Waals surface area contributed by atoms with Crippen molar-refractivity contribution in [3.05, 3.63) is 113 Å². The summed E-state index contributed by atoms with van der Waals surface area (Å²) >= 11 is 0. The number of hydrogen-bond acceptors (Lipinski definition) is 7. The summed E-state index contributed by atoms with van der Waals surface area (Å²) in [5.41, 5.74) is 2.71. The van der Waals surface area contributed by atoms with Crippen LogP contribution >= 0.6 is 0 Å². The molecule has 2 heterocycles. The molecule has 0 saturated heterocycles. The highest BCUT2D eigenvalue weighted by molar-refractivity contribution is 6.15. The molecule has 1 aliphatic heterocycles. The summed E-state index contributed by atoms with van der Waals surface area (Å²) in [5, 5.41) is 0.566. The molecule has 0 N–H and O–H groups in total. The first-order valence-electron chi connectivity index (χ1n) is 12.7. The molecule has 1 aliphatic rings. The van der Waals surface area contributed by atoms with Gasteiger partial charge in [0, 0.05) is 17.0 Å². The van der Waals surface area contributed by atoms with E-state index in [1.165, 1.54) is 6.07 Å². The number of hydrogen-bond donors (Lipinski definition) is 0. The minimum atomic E-state index is -0.611. The van der Waals surface area contributed by atoms with Gasteiger partial charge in [0.15, 0.2) is 5.76 Å². The van der Waals surface area contributed by atoms with Gasteiger partial charge in [0.2, 0.25) is 5.78 Å². The molecule has 40 heavy (non-hydrogen) atoms. The summed E-state index contributed by atoms with van der Waals surface area (Å²) in [6.07, 6.45) is 1.67. The molecular weight excluding hydrogens is 508 g/mol. The average Bonchev–Trinajstić information content (AvgIpc) is 3.51. The van der Waals surface area contributed by atoms with E-state index in [1.54, 1.807) is 43.5 Å². The molecule has 0 atom stereocenters. The molecule has 1 aromatic heterocycles. The Morgan fingerprint density at radius 1 is 0.875 bits per heavy atom. The Hall–Kier alpha value is -5.30. The molecule has 7 nitrogen and oxygen atoms in total. The predicted octanol–water partition coefficient (Wildman–Crippen LogP) is 7.34. The van der Waals surface area contributed by atoms with Crippen molar-refractivity contribution in [2.75, 3.05) is 13.7 Å². The van der Waals surface area contributed by atoms with Crippen LogP contribution in [0.5, 0.6) is 23.0 Å². The molecule has 0 aliphatic carbocycles. The second kappa shape index (κ2) is 10.5. The van der Waals surface area contributed by atoms with Gasteiger partial charge in [-0.25, -0.2) is 4.79 Å². The van der Waals surface area contributed by atoms with E-state index in [2.05, 4.69) is 0 Å². The van der Waals surface area contributed by atoms with Crippen molar-refractivity contribution < 1.29 is 33.0 Å². The number of benzene rings is 4. The minimum absolute atomic E-state index is 0.182. The first-order valence-corrected chi connectivity index (χ1v) is 12.7. The Balaban J connectivity index is 1.29. The van der Waals surface area contributed by atoms with Gasteiger partial charge in [0.25, 0.3) is 0 Å². The summed E-state index contributed by atoms with van der Waals surface area (Å²) in [4.78, 5) is 26.5. The zero-order valence-electron chi connectivity index (χ0n) is 21.8. The third-order valence-electron chi connectivity index (χ3n) is 6.48. The van der Waals surface area contributed by atoms with Crippen LogP contribution in [0.1, 0.15) is 33.2 Å². The molecule has 4 aromatic carbocycles. The van der Waals surface area contributed by atoms with Crippen molar-refractivity contribution in [1.82, 2.24) is 0 Å². The van der Waals surface area contributed by atoms with Gasteiger partial charge in [0.1, 0.15) is 39.9 Å². The zero-order valence-corrected chi connectivity index (χ0v) is 21.8. The number of fused-ring (bicyclic) bond motifs is 2. The fourth-order valence-corrected chi connectivity index (χ4v) is 4.57. The summed E-state index contributed by atoms with van der Waals surface area (Å²) < 4.78 is 28.6. The van der Waals surface area contributed by atoms with Crippen LogP contribution in [0.3, 0.4) is 0 Å². The van der Waals surface area contributed by atoms with E-state index in [-0.39, 0.29) is 22.9 Å². The number of esters is 1. The number of carbonyl (C=O) groups is 2. The van der Waals surface area contributed by atoms with Crippen molar-refractivity contribution in [2.24, 2.45) is 0 Å². The molecule has 0 amide bonds. The molecule has 0 spiro atoms. The number of Topliss-reactive ketones (excluding diaryl/α,β-unsaturated/α-hetero) is 1. The van der Waals surface area contributed by atoms with E-state index >= 15 is 0 Å². The highest BCUT2D eigenvalue weighted by Gasteiger charge is 2.29. The molecule has 0 unspecified atom stereocenters. The topological polar surface area (TPSA) is 84.2 Å². The fourth-order valence-electron chi connectivity index (χ4n) is 4.57. The summed E-state index contributed by atoms with van der Waals surface area (Å²) in [5.74, 6) is 1.59. The van der Waals surface area contributed by atoms with Crippen molar-refractivity contribution >= 4 is 28.8 Å². The maximum absolute atomic E-state index is 13.6. The lowest BCUT2D eigenvalue weighted by Gasteiger charge is -2.07. The van der Waals surface area contributed by atoms with Gasteiger partial charge >= 0.3 is 5.97 Å². The Labute approximate surface area is 230 Å². The van der Waals surface area contributed by atoms with Gasteiger partial charge in [-0.2, -0.15) is 0 Å². The van der Waals surface area contributed by atoms with Gasteiger partial charge in [-0.05, 0) is 61.0 Å². The number of methoxy groups -OCH3 is 1. The molecule has 7 heteroatoms. The van der Waals surface area contributed by atoms with Crippen LogP contribution in [-0.2, 0) is 0 Å². The number of carbonyl (C=O) groups excluding carboxylic acids is 2. The van der Waals surface area contributed by atoms with Gasteiger partial charge in [-0.3, -0.25) is 4.79 Å². The molecular formula is C33H24O7. The van der Waals surface area contributed by atoms with E-state index in [9.17, 15) is 9.59 Å². The van der Waals surface area contributed by atoms with Crippen LogP contribution in [0.2, 0.25) is 0 Å². The van der Waals surface area contributed by atoms with Crippen LogP contribution in [0, 0.1) is 0 Å². The monoisotopic (exact) mass is 532 g/mol.